The number of aliphatic hydroxyl groups is 1. The predicted molar refractivity (Wildman–Crippen MR) is 143 cm³/mol. The molecule has 38 heavy (non-hydrogen) atoms. The van der Waals surface area contributed by atoms with Crippen LogP contribution in [-0.4, -0.2) is 68.5 Å². The Balaban J connectivity index is 2.06. The summed E-state index contributed by atoms with van der Waals surface area (Å²) in [6, 6.07) is 18.8. The van der Waals surface area contributed by atoms with Crippen molar-refractivity contribution in [1.82, 2.24) is 5.32 Å². The van der Waals surface area contributed by atoms with E-state index in [-0.39, 0.29) is 11.6 Å². The average molecular weight is 544 g/mol. The van der Waals surface area contributed by atoms with E-state index in [9.17, 15) is 19.5 Å². The number of rotatable bonds is 8. The highest BCUT2D eigenvalue weighted by atomic mass is 28.4. The SMILES string of the molecule is CC(=O)N[C@@H]1[C@@H](OC(C)=O)[C@H](OC(C)=O)[C@@H](CO[Si](c2ccccc2)(c2ccccc2)C(C)(C)C)O[C@H]1O. The van der Waals surface area contributed by atoms with E-state index < -0.39 is 56.8 Å². The molecule has 206 valence electrons. The third-order valence-corrected chi connectivity index (χ3v) is 11.5. The van der Waals surface area contributed by atoms with Gasteiger partial charge in [0.1, 0.15) is 12.1 Å². The van der Waals surface area contributed by atoms with E-state index >= 15 is 0 Å². The van der Waals surface area contributed by atoms with Crippen LogP contribution >= 0.6 is 0 Å². The maximum Gasteiger partial charge on any atom is 0.303 e. The van der Waals surface area contributed by atoms with Gasteiger partial charge in [0.25, 0.3) is 8.32 Å². The maximum absolute atomic E-state index is 12.1. The summed E-state index contributed by atoms with van der Waals surface area (Å²) in [7, 11) is -3.00. The van der Waals surface area contributed by atoms with E-state index in [0.717, 1.165) is 10.4 Å². The summed E-state index contributed by atoms with van der Waals surface area (Å²) in [5.41, 5.74) is 0. The number of hydrogen-bond donors (Lipinski definition) is 2. The molecule has 0 bridgehead atoms. The lowest BCUT2D eigenvalue weighted by molar-refractivity contribution is -0.262. The first-order chi connectivity index (χ1) is 17.9. The highest BCUT2D eigenvalue weighted by molar-refractivity contribution is 6.99. The second-order valence-corrected chi connectivity index (χ2v) is 14.7. The van der Waals surface area contributed by atoms with Crippen molar-refractivity contribution in [3.8, 4) is 0 Å². The van der Waals surface area contributed by atoms with Gasteiger partial charge in [-0.05, 0) is 15.4 Å². The van der Waals surface area contributed by atoms with Gasteiger partial charge in [-0.3, -0.25) is 14.4 Å². The van der Waals surface area contributed by atoms with Crippen molar-refractivity contribution in [3.05, 3.63) is 60.7 Å². The van der Waals surface area contributed by atoms with Crippen LogP contribution in [0.15, 0.2) is 60.7 Å². The first-order valence-electron chi connectivity index (χ1n) is 12.6. The molecule has 2 aromatic rings. The fraction of sp³-hybridized carbons (Fsp3) is 0.464. The molecule has 1 aliphatic rings. The second-order valence-electron chi connectivity index (χ2n) is 10.4. The lowest BCUT2D eigenvalue weighted by atomic mass is 9.96. The highest BCUT2D eigenvalue weighted by Crippen LogP contribution is 2.37. The summed E-state index contributed by atoms with van der Waals surface area (Å²) in [5.74, 6) is -1.77. The van der Waals surface area contributed by atoms with Crippen molar-refractivity contribution in [2.45, 2.75) is 77.2 Å². The molecule has 1 fully saturated rings. The number of ether oxygens (including phenoxy) is 3. The Morgan fingerprint density at radius 1 is 0.868 bits per heavy atom. The predicted octanol–water partition coefficient (Wildman–Crippen LogP) is 1.65. The highest BCUT2D eigenvalue weighted by Gasteiger charge is 2.54. The van der Waals surface area contributed by atoms with Crippen LogP contribution in [0.3, 0.4) is 0 Å². The molecule has 5 atom stereocenters. The Kier molecular flexibility index (Phi) is 9.48. The van der Waals surface area contributed by atoms with Crippen LogP contribution in [0.25, 0.3) is 0 Å². The Bertz CT molecular complexity index is 1070. The Labute approximate surface area is 224 Å². The van der Waals surface area contributed by atoms with Gasteiger partial charge in [-0.15, -0.1) is 0 Å². The molecule has 2 aromatic carbocycles. The van der Waals surface area contributed by atoms with Crippen LogP contribution in [0.1, 0.15) is 41.5 Å². The molecular formula is C28H37NO8Si. The molecule has 1 saturated heterocycles. The molecule has 0 unspecified atom stereocenters. The summed E-state index contributed by atoms with van der Waals surface area (Å²) in [5, 5.41) is 15.1. The zero-order valence-electron chi connectivity index (χ0n) is 22.7. The van der Waals surface area contributed by atoms with Crippen LogP contribution in [0.4, 0.5) is 0 Å². The molecule has 3 rings (SSSR count). The van der Waals surface area contributed by atoms with E-state index in [2.05, 4.69) is 26.1 Å². The monoisotopic (exact) mass is 543 g/mol. The minimum Gasteiger partial charge on any atom is -0.456 e. The first kappa shape index (κ1) is 29.5. The third-order valence-electron chi connectivity index (χ3n) is 6.52. The number of benzene rings is 2. The quantitative estimate of drug-likeness (QED) is 0.381. The van der Waals surface area contributed by atoms with E-state index in [4.69, 9.17) is 18.6 Å². The van der Waals surface area contributed by atoms with E-state index in [1.54, 1.807) is 0 Å². The molecule has 1 aliphatic heterocycles. The topological polar surface area (TPSA) is 120 Å². The number of carbonyl (C=O) groups is 3. The summed E-state index contributed by atoms with van der Waals surface area (Å²) in [6.07, 6.45) is -4.88. The normalized spacial score (nSPS) is 23.8. The molecule has 0 aromatic heterocycles. The van der Waals surface area contributed by atoms with Crippen molar-refractivity contribution in [2.24, 2.45) is 0 Å². The minimum atomic E-state index is -3.00. The first-order valence-corrected chi connectivity index (χ1v) is 14.5. The molecule has 0 saturated carbocycles. The number of esters is 2. The van der Waals surface area contributed by atoms with Crippen LogP contribution in [-0.2, 0) is 33.0 Å². The van der Waals surface area contributed by atoms with Crippen LogP contribution in [0.5, 0.6) is 0 Å². The Morgan fingerprint density at radius 2 is 1.34 bits per heavy atom. The lowest BCUT2D eigenvalue weighted by Crippen LogP contribution is -2.69. The zero-order valence-corrected chi connectivity index (χ0v) is 23.7. The van der Waals surface area contributed by atoms with Gasteiger partial charge in [-0.25, -0.2) is 0 Å². The van der Waals surface area contributed by atoms with E-state index in [0.29, 0.717) is 0 Å². The smallest absolute Gasteiger partial charge is 0.303 e. The fourth-order valence-corrected chi connectivity index (χ4v) is 9.65. The van der Waals surface area contributed by atoms with Gasteiger partial charge in [0.15, 0.2) is 18.5 Å². The molecule has 10 heteroatoms. The molecule has 0 aliphatic carbocycles. The maximum atomic E-state index is 12.1. The summed E-state index contributed by atoms with van der Waals surface area (Å²) < 4.78 is 23.8. The molecule has 2 N–H and O–H groups in total. The molecule has 1 heterocycles. The van der Waals surface area contributed by atoms with Gasteiger partial charge in [0.2, 0.25) is 5.91 Å². The molecule has 0 radical (unpaired) electrons. The second kappa shape index (κ2) is 12.2. The van der Waals surface area contributed by atoms with Crippen molar-refractivity contribution >= 4 is 36.5 Å². The zero-order chi connectivity index (χ0) is 28.1. The van der Waals surface area contributed by atoms with Gasteiger partial charge in [0, 0.05) is 20.8 Å². The van der Waals surface area contributed by atoms with E-state index in [1.165, 1.54) is 20.8 Å². The molecule has 9 nitrogen and oxygen atoms in total. The van der Waals surface area contributed by atoms with Gasteiger partial charge >= 0.3 is 11.9 Å². The lowest BCUT2D eigenvalue weighted by Gasteiger charge is -2.47. The Morgan fingerprint density at radius 3 is 1.76 bits per heavy atom. The van der Waals surface area contributed by atoms with Crippen molar-refractivity contribution in [2.75, 3.05) is 6.61 Å². The number of hydrogen-bond acceptors (Lipinski definition) is 8. The number of carbonyl (C=O) groups excluding carboxylic acids is 3. The number of amides is 1. The van der Waals surface area contributed by atoms with Crippen LogP contribution in [0.2, 0.25) is 5.04 Å². The number of aliphatic hydroxyl groups excluding tert-OH is 1. The molecule has 0 spiro atoms. The van der Waals surface area contributed by atoms with Gasteiger partial charge < -0.3 is 29.1 Å². The fourth-order valence-electron chi connectivity index (χ4n) is 5.08. The summed E-state index contributed by atoms with van der Waals surface area (Å²) >= 11 is 0. The van der Waals surface area contributed by atoms with Crippen LogP contribution < -0.4 is 15.7 Å². The summed E-state index contributed by atoms with van der Waals surface area (Å²) in [6.45, 7) is 9.97. The van der Waals surface area contributed by atoms with Crippen LogP contribution in [0, 0.1) is 0 Å². The van der Waals surface area contributed by atoms with Crippen molar-refractivity contribution < 1.29 is 38.1 Å². The van der Waals surface area contributed by atoms with E-state index in [1.807, 2.05) is 60.7 Å². The van der Waals surface area contributed by atoms with Gasteiger partial charge in [-0.1, -0.05) is 81.4 Å². The van der Waals surface area contributed by atoms with Gasteiger partial charge in [0.05, 0.1) is 6.61 Å². The largest absolute Gasteiger partial charge is 0.456 e. The standard InChI is InChI=1S/C28H37NO8Si/c1-18(30)29-24-26(36-20(3)32)25(35-19(2)31)23(37-27(24)33)17-34-38(28(4,5)6,21-13-9-7-10-14-21)22-15-11-8-12-16-22/h7-16,23-27,33H,17H2,1-6H3,(H,29,30)/t23-,24-,25-,26-,27-/m1/s1. The van der Waals surface area contributed by atoms with Crippen molar-refractivity contribution in [3.63, 3.8) is 0 Å². The molecule has 1 amide bonds. The minimum absolute atomic E-state index is 0.0765. The van der Waals surface area contributed by atoms with Crippen molar-refractivity contribution in [1.29, 1.82) is 0 Å². The number of nitrogens with one attached hydrogen (secondary N) is 1. The summed E-state index contributed by atoms with van der Waals surface area (Å²) in [4.78, 5) is 35.9. The average Bonchev–Trinajstić information content (AvgIpc) is 2.83. The Hall–Kier alpha value is -3.05. The third kappa shape index (κ3) is 6.50. The van der Waals surface area contributed by atoms with Gasteiger partial charge in [-0.2, -0.15) is 0 Å². The molecular weight excluding hydrogens is 506 g/mol.